The Morgan fingerprint density at radius 3 is 2.79 bits per heavy atom. The first kappa shape index (κ1) is 21.0. The monoisotopic (exact) mass is 402 g/mol. The van der Waals surface area contributed by atoms with Crippen molar-refractivity contribution in [1.82, 2.24) is 29.5 Å². The number of imidazole rings is 1. The first-order chi connectivity index (χ1) is 13.8. The summed E-state index contributed by atoms with van der Waals surface area (Å²) in [6.45, 7) is 9.51. The van der Waals surface area contributed by atoms with E-state index in [-0.39, 0.29) is 30.3 Å². The van der Waals surface area contributed by atoms with Crippen molar-refractivity contribution in [3.8, 4) is 0 Å². The van der Waals surface area contributed by atoms with Crippen molar-refractivity contribution in [2.24, 2.45) is 0 Å². The number of carbonyl (C=O) groups is 2. The zero-order valence-corrected chi connectivity index (χ0v) is 17.7. The molecule has 2 aromatic heterocycles. The zero-order valence-electron chi connectivity index (χ0n) is 17.7. The van der Waals surface area contributed by atoms with E-state index in [2.05, 4.69) is 15.1 Å². The minimum Gasteiger partial charge on any atom is -0.339 e. The summed E-state index contributed by atoms with van der Waals surface area (Å²) in [7, 11) is 0. The molecule has 1 saturated heterocycles. The summed E-state index contributed by atoms with van der Waals surface area (Å²) in [5.74, 6) is 2.27. The molecule has 0 N–H and O–H groups in total. The van der Waals surface area contributed by atoms with Crippen molar-refractivity contribution in [1.29, 1.82) is 0 Å². The number of likely N-dealkylation sites (tertiary alicyclic amines) is 1. The molecule has 0 bridgehead atoms. The fraction of sp³-hybridized carbons (Fsp3) is 0.650. The molecule has 0 radical (unpaired) electrons. The van der Waals surface area contributed by atoms with Crippen LogP contribution in [0, 0.1) is 6.92 Å². The molecule has 9 heteroatoms. The van der Waals surface area contributed by atoms with Crippen LogP contribution in [0.5, 0.6) is 0 Å². The van der Waals surface area contributed by atoms with Crippen molar-refractivity contribution >= 4 is 11.8 Å². The van der Waals surface area contributed by atoms with Crippen molar-refractivity contribution in [3.05, 3.63) is 29.9 Å². The Morgan fingerprint density at radius 2 is 2.17 bits per heavy atom. The van der Waals surface area contributed by atoms with Crippen LogP contribution in [0.3, 0.4) is 0 Å². The highest BCUT2D eigenvalue weighted by atomic mass is 16.5. The number of aryl methyl sites for hydroxylation is 1. The number of amides is 2. The summed E-state index contributed by atoms with van der Waals surface area (Å²) in [4.78, 5) is 37.3. The SMILES string of the molecule is CC(=O)N(CCc1noc(C(C)C)n1)C1CCCN(C(=O)Cn2ccnc2C)C1. The molecule has 2 aromatic rings. The van der Waals surface area contributed by atoms with Crippen LogP contribution in [0.1, 0.15) is 57.1 Å². The number of carbonyl (C=O) groups excluding carboxylic acids is 2. The lowest BCUT2D eigenvalue weighted by Crippen LogP contribution is -2.52. The maximum absolute atomic E-state index is 12.7. The van der Waals surface area contributed by atoms with E-state index in [1.165, 1.54) is 0 Å². The van der Waals surface area contributed by atoms with E-state index in [0.29, 0.717) is 31.2 Å². The molecule has 29 heavy (non-hydrogen) atoms. The lowest BCUT2D eigenvalue weighted by molar-refractivity contribution is -0.139. The van der Waals surface area contributed by atoms with Crippen LogP contribution in [0.25, 0.3) is 0 Å². The summed E-state index contributed by atoms with van der Waals surface area (Å²) < 4.78 is 7.09. The molecule has 1 unspecified atom stereocenters. The second-order valence-corrected chi connectivity index (χ2v) is 7.90. The van der Waals surface area contributed by atoms with Crippen molar-refractivity contribution in [2.45, 2.75) is 65.5 Å². The average Bonchev–Trinajstić information content (AvgIpc) is 3.31. The molecule has 3 rings (SSSR count). The van der Waals surface area contributed by atoms with E-state index in [9.17, 15) is 9.59 Å². The van der Waals surface area contributed by atoms with Crippen molar-refractivity contribution in [2.75, 3.05) is 19.6 Å². The maximum atomic E-state index is 12.7. The minimum absolute atomic E-state index is 0.00216. The molecule has 9 nitrogen and oxygen atoms in total. The van der Waals surface area contributed by atoms with E-state index >= 15 is 0 Å². The Labute approximate surface area is 171 Å². The van der Waals surface area contributed by atoms with Crippen LogP contribution in [-0.2, 0) is 22.6 Å². The van der Waals surface area contributed by atoms with Crippen molar-refractivity contribution in [3.63, 3.8) is 0 Å². The van der Waals surface area contributed by atoms with Gasteiger partial charge in [-0.25, -0.2) is 4.98 Å². The Bertz CT molecular complexity index is 843. The third-order valence-corrected chi connectivity index (χ3v) is 5.38. The van der Waals surface area contributed by atoms with Gasteiger partial charge < -0.3 is 18.9 Å². The van der Waals surface area contributed by atoms with E-state index in [0.717, 1.165) is 25.2 Å². The molecule has 0 aromatic carbocycles. The van der Waals surface area contributed by atoms with Crippen molar-refractivity contribution < 1.29 is 14.1 Å². The van der Waals surface area contributed by atoms with Crippen LogP contribution in [0.4, 0.5) is 0 Å². The zero-order chi connectivity index (χ0) is 21.0. The van der Waals surface area contributed by atoms with E-state index < -0.39 is 0 Å². The number of hydrogen-bond donors (Lipinski definition) is 0. The van der Waals surface area contributed by atoms with Gasteiger partial charge >= 0.3 is 0 Å². The molecule has 2 amide bonds. The Hall–Kier alpha value is -2.71. The molecule has 1 fully saturated rings. The molecule has 0 saturated carbocycles. The highest BCUT2D eigenvalue weighted by Gasteiger charge is 2.29. The number of piperidine rings is 1. The fourth-order valence-electron chi connectivity index (χ4n) is 3.67. The standard InChI is InChI=1S/C20H30N6O3/c1-14(2)20-22-18(23-29-20)7-10-26(16(4)27)17-6-5-9-25(12-17)19(28)13-24-11-8-21-15(24)3/h8,11,14,17H,5-7,9-10,12-13H2,1-4H3. The van der Waals surface area contributed by atoms with Gasteiger partial charge in [0.15, 0.2) is 5.82 Å². The van der Waals surface area contributed by atoms with Gasteiger partial charge in [0.1, 0.15) is 12.4 Å². The quantitative estimate of drug-likeness (QED) is 0.700. The molecular formula is C20H30N6O3. The van der Waals surface area contributed by atoms with Crippen LogP contribution in [-0.4, -0.2) is 67.0 Å². The predicted octanol–water partition coefficient (Wildman–Crippen LogP) is 1.78. The number of hydrogen-bond acceptors (Lipinski definition) is 6. The second-order valence-electron chi connectivity index (χ2n) is 7.90. The van der Waals surface area contributed by atoms with Gasteiger partial charge in [-0.05, 0) is 19.8 Å². The Kier molecular flexibility index (Phi) is 6.66. The van der Waals surface area contributed by atoms with Gasteiger partial charge in [0.05, 0.1) is 0 Å². The van der Waals surface area contributed by atoms with E-state index in [4.69, 9.17) is 4.52 Å². The number of rotatable bonds is 7. The molecular weight excluding hydrogens is 372 g/mol. The van der Waals surface area contributed by atoms with Crippen LogP contribution < -0.4 is 0 Å². The summed E-state index contributed by atoms with van der Waals surface area (Å²) >= 11 is 0. The molecule has 1 atom stereocenters. The van der Waals surface area contributed by atoms with Gasteiger partial charge in [0, 0.05) is 57.3 Å². The topological polar surface area (TPSA) is 97.4 Å². The second kappa shape index (κ2) is 9.19. The average molecular weight is 402 g/mol. The highest BCUT2D eigenvalue weighted by molar-refractivity contribution is 5.77. The Balaban J connectivity index is 1.60. The number of aromatic nitrogens is 4. The predicted molar refractivity (Wildman–Crippen MR) is 106 cm³/mol. The van der Waals surface area contributed by atoms with Gasteiger partial charge in [0.2, 0.25) is 17.7 Å². The third kappa shape index (κ3) is 5.21. The summed E-state index contributed by atoms with van der Waals surface area (Å²) in [6.07, 6.45) is 5.81. The molecule has 158 valence electrons. The fourth-order valence-corrected chi connectivity index (χ4v) is 3.67. The first-order valence-electron chi connectivity index (χ1n) is 10.2. The lowest BCUT2D eigenvalue weighted by atomic mass is 10.0. The summed E-state index contributed by atoms with van der Waals surface area (Å²) in [5.41, 5.74) is 0. The number of nitrogens with zero attached hydrogens (tertiary/aromatic N) is 6. The van der Waals surface area contributed by atoms with Crippen LogP contribution in [0.2, 0.25) is 0 Å². The largest absolute Gasteiger partial charge is 0.339 e. The maximum Gasteiger partial charge on any atom is 0.242 e. The normalized spacial score (nSPS) is 17.0. The lowest BCUT2D eigenvalue weighted by Gasteiger charge is -2.39. The summed E-state index contributed by atoms with van der Waals surface area (Å²) in [6, 6.07) is 0.00514. The minimum atomic E-state index is 0.00216. The van der Waals surface area contributed by atoms with Crippen LogP contribution >= 0.6 is 0 Å². The van der Waals surface area contributed by atoms with Gasteiger partial charge in [0.25, 0.3) is 0 Å². The molecule has 1 aliphatic rings. The van der Waals surface area contributed by atoms with E-state index in [1.54, 1.807) is 13.1 Å². The third-order valence-electron chi connectivity index (χ3n) is 5.38. The van der Waals surface area contributed by atoms with Gasteiger partial charge in [-0.15, -0.1) is 0 Å². The molecule has 1 aliphatic heterocycles. The first-order valence-corrected chi connectivity index (χ1v) is 10.2. The smallest absolute Gasteiger partial charge is 0.242 e. The van der Waals surface area contributed by atoms with Gasteiger partial charge in [-0.1, -0.05) is 19.0 Å². The van der Waals surface area contributed by atoms with Gasteiger partial charge in [-0.3, -0.25) is 9.59 Å². The van der Waals surface area contributed by atoms with Gasteiger partial charge in [-0.2, -0.15) is 4.98 Å². The highest BCUT2D eigenvalue weighted by Crippen LogP contribution is 2.18. The summed E-state index contributed by atoms with van der Waals surface area (Å²) in [5, 5.41) is 4.01. The molecule has 0 aliphatic carbocycles. The van der Waals surface area contributed by atoms with Crippen LogP contribution in [0.15, 0.2) is 16.9 Å². The molecule has 3 heterocycles. The Morgan fingerprint density at radius 1 is 1.38 bits per heavy atom. The van der Waals surface area contributed by atoms with E-state index in [1.807, 2.05) is 41.3 Å². The molecule has 0 spiro atoms.